The highest BCUT2D eigenvalue weighted by molar-refractivity contribution is 7.15. The lowest BCUT2D eigenvalue weighted by Crippen LogP contribution is -2.09. The summed E-state index contributed by atoms with van der Waals surface area (Å²) in [6.07, 6.45) is 0. The van der Waals surface area contributed by atoms with Crippen LogP contribution in [0.4, 0.5) is 13.9 Å². The summed E-state index contributed by atoms with van der Waals surface area (Å²) in [5, 5.41) is 4.58. The Bertz CT molecular complexity index is 842. The molecule has 0 saturated carbocycles. The lowest BCUT2D eigenvalue weighted by molar-refractivity contribution is 0.103. The minimum absolute atomic E-state index is 0.0729. The first-order valence-electron chi connectivity index (χ1n) is 6.31. The molecule has 0 bridgehead atoms. The Morgan fingerprint density at radius 1 is 1.23 bits per heavy atom. The van der Waals surface area contributed by atoms with Crippen molar-refractivity contribution in [2.45, 2.75) is 6.92 Å². The van der Waals surface area contributed by atoms with Crippen LogP contribution in [0.2, 0.25) is 0 Å². The maximum absolute atomic E-state index is 13.7. The van der Waals surface area contributed by atoms with E-state index in [9.17, 15) is 13.6 Å². The molecule has 3 aromatic rings. The molecular formula is C15H10F2N2OS2. The molecule has 0 aliphatic carbocycles. The van der Waals surface area contributed by atoms with Crippen molar-refractivity contribution in [1.29, 1.82) is 0 Å². The second kappa shape index (κ2) is 5.94. The molecule has 0 atom stereocenters. The SMILES string of the molecule is Cc1ccc(C(=O)Nc2nc(-c3cc(F)ccc3F)cs2)s1. The van der Waals surface area contributed by atoms with Gasteiger partial charge in [0.1, 0.15) is 11.6 Å². The number of thiophene rings is 1. The molecule has 0 fully saturated rings. The molecule has 3 rings (SSSR count). The van der Waals surface area contributed by atoms with Gasteiger partial charge in [-0.05, 0) is 37.3 Å². The Kier molecular flexibility index (Phi) is 4.00. The minimum Gasteiger partial charge on any atom is -0.297 e. The number of halogens is 2. The van der Waals surface area contributed by atoms with Gasteiger partial charge in [-0.1, -0.05) is 0 Å². The van der Waals surface area contributed by atoms with Crippen LogP contribution in [0.5, 0.6) is 0 Å². The zero-order valence-corrected chi connectivity index (χ0v) is 13.0. The summed E-state index contributed by atoms with van der Waals surface area (Å²) in [6, 6.07) is 6.77. The van der Waals surface area contributed by atoms with Gasteiger partial charge in [-0.15, -0.1) is 22.7 Å². The quantitative estimate of drug-likeness (QED) is 0.752. The fourth-order valence-corrected chi connectivity index (χ4v) is 3.33. The maximum atomic E-state index is 13.7. The van der Waals surface area contributed by atoms with Crippen molar-refractivity contribution >= 4 is 33.7 Å². The van der Waals surface area contributed by atoms with E-state index < -0.39 is 11.6 Å². The first-order valence-corrected chi connectivity index (χ1v) is 8.01. The van der Waals surface area contributed by atoms with Crippen LogP contribution in [-0.4, -0.2) is 10.9 Å². The largest absolute Gasteiger partial charge is 0.297 e. The zero-order valence-electron chi connectivity index (χ0n) is 11.4. The van der Waals surface area contributed by atoms with Crippen molar-refractivity contribution in [1.82, 2.24) is 4.98 Å². The fourth-order valence-electron chi connectivity index (χ4n) is 1.86. The van der Waals surface area contributed by atoms with E-state index >= 15 is 0 Å². The number of anilines is 1. The maximum Gasteiger partial charge on any atom is 0.267 e. The number of aromatic nitrogens is 1. The third-order valence-electron chi connectivity index (χ3n) is 2.89. The molecule has 0 aliphatic heterocycles. The van der Waals surface area contributed by atoms with Gasteiger partial charge in [-0.25, -0.2) is 13.8 Å². The number of thiazole rings is 1. The van der Waals surface area contributed by atoms with Crippen molar-refractivity contribution in [3.63, 3.8) is 0 Å². The van der Waals surface area contributed by atoms with Gasteiger partial charge in [0.05, 0.1) is 10.6 Å². The van der Waals surface area contributed by atoms with E-state index in [-0.39, 0.29) is 11.5 Å². The van der Waals surface area contributed by atoms with Crippen LogP contribution in [0.15, 0.2) is 35.7 Å². The van der Waals surface area contributed by atoms with Crippen molar-refractivity contribution in [2.75, 3.05) is 5.32 Å². The Morgan fingerprint density at radius 3 is 2.77 bits per heavy atom. The van der Waals surface area contributed by atoms with Crippen LogP contribution in [0.1, 0.15) is 14.5 Å². The number of nitrogens with zero attached hydrogens (tertiary/aromatic N) is 1. The zero-order chi connectivity index (χ0) is 15.7. The molecule has 1 amide bonds. The van der Waals surface area contributed by atoms with Gasteiger partial charge in [0.2, 0.25) is 0 Å². The van der Waals surface area contributed by atoms with E-state index in [2.05, 4.69) is 10.3 Å². The molecule has 0 aliphatic rings. The van der Waals surface area contributed by atoms with Gasteiger partial charge in [-0.3, -0.25) is 10.1 Å². The lowest BCUT2D eigenvalue weighted by atomic mass is 10.1. The highest BCUT2D eigenvalue weighted by Gasteiger charge is 2.14. The molecule has 7 heteroatoms. The predicted octanol–water partition coefficient (Wildman–Crippen LogP) is 4.71. The molecule has 2 aromatic heterocycles. The van der Waals surface area contributed by atoms with E-state index in [1.807, 2.05) is 13.0 Å². The monoisotopic (exact) mass is 336 g/mol. The number of aryl methyl sites for hydroxylation is 1. The topological polar surface area (TPSA) is 42.0 Å². The molecule has 112 valence electrons. The van der Waals surface area contributed by atoms with Gasteiger partial charge < -0.3 is 0 Å². The summed E-state index contributed by atoms with van der Waals surface area (Å²) in [5.41, 5.74) is 0.364. The molecule has 0 saturated heterocycles. The summed E-state index contributed by atoms with van der Waals surface area (Å²) >= 11 is 2.54. The van der Waals surface area contributed by atoms with Crippen molar-refractivity contribution in [2.24, 2.45) is 0 Å². The number of rotatable bonds is 3. The van der Waals surface area contributed by atoms with Crippen molar-refractivity contribution in [3.8, 4) is 11.3 Å². The first kappa shape index (κ1) is 14.8. The summed E-state index contributed by atoms with van der Waals surface area (Å²) in [6.45, 7) is 1.91. The van der Waals surface area contributed by atoms with Crippen LogP contribution in [0.3, 0.4) is 0 Å². The van der Waals surface area contributed by atoms with E-state index in [0.29, 0.717) is 15.7 Å². The normalized spacial score (nSPS) is 10.7. The number of carbonyl (C=O) groups is 1. The van der Waals surface area contributed by atoms with Gasteiger partial charge >= 0.3 is 0 Å². The number of amides is 1. The summed E-state index contributed by atoms with van der Waals surface area (Å²) < 4.78 is 26.9. The summed E-state index contributed by atoms with van der Waals surface area (Å²) in [4.78, 5) is 17.8. The van der Waals surface area contributed by atoms with Crippen LogP contribution in [-0.2, 0) is 0 Å². The van der Waals surface area contributed by atoms with E-state index in [1.165, 1.54) is 11.3 Å². The number of hydrogen-bond acceptors (Lipinski definition) is 4. The number of hydrogen-bond donors (Lipinski definition) is 1. The predicted molar refractivity (Wildman–Crippen MR) is 84.5 cm³/mol. The first-order chi connectivity index (χ1) is 10.5. The Balaban J connectivity index is 1.82. The van der Waals surface area contributed by atoms with Gasteiger partial charge in [-0.2, -0.15) is 0 Å². The molecule has 1 aromatic carbocycles. The van der Waals surface area contributed by atoms with Crippen molar-refractivity contribution in [3.05, 3.63) is 57.1 Å². The van der Waals surface area contributed by atoms with Crippen LogP contribution in [0, 0.1) is 18.6 Å². The average Bonchev–Trinajstić information content (AvgIpc) is 3.11. The summed E-state index contributed by atoms with van der Waals surface area (Å²) in [7, 11) is 0. The molecule has 22 heavy (non-hydrogen) atoms. The molecular weight excluding hydrogens is 326 g/mol. The number of benzene rings is 1. The van der Waals surface area contributed by atoms with Gasteiger partial charge in [0.15, 0.2) is 5.13 Å². The third-order valence-corrected chi connectivity index (χ3v) is 4.65. The van der Waals surface area contributed by atoms with Gasteiger partial charge in [0.25, 0.3) is 5.91 Å². The van der Waals surface area contributed by atoms with E-state index in [0.717, 1.165) is 34.4 Å². The van der Waals surface area contributed by atoms with Crippen molar-refractivity contribution < 1.29 is 13.6 Å². The molecule has 0 radical (unpaired) electrons. The minimum atomic E-state index is -0.557. The average molecular weight is 336 g/mol. The lowest BCUT2D eigenvalue weighted by Gasteiger charge is -2.00. The number of carbonyl (C=O) groups excluding carboxylic acids is 1. The molecule has 3 nitrogen and oxygen atoms in total. The molecule has 0 unspecified atom stereocenters. The Hall–Kier alpha value is -2.12. The van der Waals surface area contributed by atoms with E-state index in [1.54, 1.807) is 11.4 Å². The highest BCUT2D eigenvalue weighted by atomic mass is 32.1. The fraction of sp³-hybridized carbons (Fsp3) is 0.0667. The highest BCUT2D eigenvalue weighted by Crippen LogP contribution is 2.28. The smallest absolute Gasteiger partial charge is 0.267 e. The second-order valence-corrected chi connectivity index (χ2v) is 6.67. The summed E-state index contributed by atoms with van der Waals surface area (Å²) in [5.74, 6) is -1.36. The van der Waals surface area contributed by atoms with E-state index in [4.69, 9.17) is 0 Å². The van der Waals surface area contributed by atoms with Crippen LogP contribution < -0.4 is 5.32 Å². The Labute approximate surface area is 133 Å². The van der Waals surface area contributed by atoms with Crippen LogP contribution in [0.25, 0.3) is 11.3 Å². The molecule has 1 N–H and O–H groups in total. The second-order valence-electron chi connectivity index (χ2n) is 4.53. The van der Waals surface area contributed by atoms with Gasteiger partial charge in [0, 0.05) is 15.8 Å². The number of nitrogens with one attached hydrogen (secondary N) is 1. The standard InChI is InChI=1S/C15H10F2N2OS2/c1-8-2-5-13(22-8)14(20)19-15-18-12(7-21-15)10-6-9(16)3-4-11(10)17/h2-7H,1H3,(H,18,19,20). The Morgan fingerprint density at radius 2 is 2.05 bits per heavy atom. The molecule has 2 heterocycles. The van der Waals surface area contributed by atoms with Crippen LogP contribution >= 0.6 is 22.7 Å². The third kappa shape index (κ3) is 3.05. The molecule has 0 spiro atoms.